The number of methoxy groups -OCH3 is 1. The minimum atomic E-state index is 0. The van der Waals surface area contributed by atoms with Gasteiger partial charge in [-0.3, -0.25) is 9.58 Å². The molecule has 0 unspecified atom stereocenters. The molecule has 202 valence electrons. The molecule has 2 fully saturated rings. The van der Waals surface area contributed by atoms with E-state index < -0.39 is 0 Å². The third-order valence-electron chi connectivity index (χ3n) is 6.62. The summed E-state index contributed by atoms with van der Waals surface area (Å²) in [6.45, 7) is 8.74. The number of nitrogens with one attached hydrogen (secondary N) is 1. The second-order valence-corrected chi connectivity index (χ2v) is 9.51. The Hall–Kier alpha value is -1.98. The van der Waals surface area contributed by atoms with Crippen molar-refractivity contribution < 1.29 is 18.9 Å². The first-order valence-corrected chi connectivity index (χ1v) is 12.8. The lowest BCUT2D eigenvalue weighted by atomic mass is 9.89. The van der Waals surface area contributed by atoms with Crippen molar-refractivity contribution in [2.75, 3.05) is 51.9 Å². The molecule has 1 saturated carbocycles. The summed E-state index contributed by atoms with van der Waals surface area (Å²) in [4.78, 5) is 11.2. The van der Waals surface area contributed by atoms with Gasteiger partial charge in [0, 0.05) is 51.7 Å². The van der Waals surface area contributed by atoms with Crippen molar-refractivity contribution in [2.24, 2.45) is 0 Å². The lowest BCUT2D eigenvalue weighted by molar-refractivity contribution is -0.0852. The predicted octanol–water partition coefficient (Wildman–Crippen LogP) is 3.86. The van der Waals surface area contributed by atoms with Gasteiger partial charge in [0.15, 0.2) is 0 Å². The molecular weight excluding hydrogens is 484 g/mol. The number of halogens is 1. The molecule has 11 heteroatoms. The molecule has 0 amide bonds. The van der Waals surface area contributed by atoms with Gasteiger partial charge in [-0.05, 0) is 45.6 Å². The van der Waals surface area contributed by atoms with Crippen molar-refractivity contribution in [1.29, 1.82) is 0 Å². The van der Waals surface area contributed by atoms with Crippen molar-refractivity contribution >= 4 is 24.0 Å². The van der Waals surface area contributed by atoms with Crippen LogP contribution in [0.15, 0.2) is 24.7 Å². The van der Waals surface area contributed by atoms with Crippen LogP contribution < -0.4 is 10.1 Å². The molecule has 2 atom stereocenters. The average Bonchev–Trinajstić information content (AvgIpc) is 3.26. The summed E-state index contributed by atoms with van der Waals surface area (Å²) in [5, 5.41) is 8.09. The first-order chi connectivity index (χ1) is 17.1. The molecule has 1 N–H and O–H groups in total. The Bertz CT molecular complexity index is 871. The second-order valence-electron chi connectivity index (χ2n) is 9.51. The molecule has 1 aliphatic heterocycles. The Morgan fingerprint density at radius 2 is 1.67 bits per heavy atom. The van der Waals surface area contributed by atoms with Crippen LogP contribution in [0, 0.1) is 0 Å². The fraction of sp³-hybridized carbons (Fsp3) is 0.720. The van der Waals surface area contributed by atoms with E-state index in [2.05, 4.69) is 38.7 Å². The standard InChI is InChI=1S/C25H40N6O4.ClH/c1-19-16-30(17-20(2)35-19)21-6-8-22(9-7-21)31-18-23(28-25-26-10-4-11-27-25)24(29-31)34-13-5-12-33-15-14-32-3;/h4,10-11,18-22H,5-9,12-17H2,1-3H3,(H,26,27,28);1H/t19-,20+,21?,22?;. The van der Waals surface area contributed by atoms with Gasteiger partial charge < -0.3 is 24.3 Å². The minimum absolute atomic E-state index is 0. The van der Waals surface area contributed by atoms with Gasteiger partial charge in [0.05, 0.1) is 44.3 Å². The van der Waals surface area contributed by atoms with Crippen molar-refractivity contribution in [3.8, 4) is 5.88 Å². The van der Waals surface area contributed by atoms with E-state index in [9.17, 15) is 0 Å². The zero-order valence-electron chi connectivity index (χ0n) is 21.7. The van der Waals surface area contributed by atoms with E-state index in [1.54, 1.807) is 25.6 Å². The topological polar surface area (TPSA) is 95.8 Å². The highest BCUT2D eigenvalue weighted by Crippen LogP contribution is 2.35. The predicted molar refractivity (Wildman–Crippen MR) is 140 cm³/mol. The number of rotatable bonds is 12. The van der Waals surface area contributed by atoms with Gasteiger partial charge in [0.25, 0.3) is 5.88 Å². The largest absolute Gasteiger partial charge is 0.475 e. The van der Waals surface area contributed by atoms with Gasteiger partial charge in [0.2, 0.25) is 5.95 Å². The van der Waals surface area contributed by atoms with Crippen molar-refractivity contribution in [1.82, 2.24) is 24.6 Å². The third kappa shape index (κ3) is 8.27. The first kappa shape index (κ1) is 28.6. The van der Waals surface area contributed by atoms with E-state index in [0.29, 0.717) is 62.5 Å². The number of nitrogens with zero attached hydrogens (tertiary/aromatic N) is 5. The number of anilines is 2. The molecular formula is C25H41ClN6O4. The van der Waals surface area contributed by atoms with Gasteiger partial charge in [-0.1, -0.05) is 0 Å². The van der Waals surface area contributed by atoms with Gasteiger partial charge in [-0.25, -0.2) is 9.97 Å². The number of hydrogen-bond donors (Lipinski definition) is 1. The minimum Gasteiger partial charge on any atom is -0.475 e. The zero-order chi connectivity index (χ0) is 24.5. The molecule has 2 aliphatic rings. The molecule has 0 aromatic carbocycles. The monoisotopic (exact) mass is 524 g/mol. The molecule has 0 spiro atoms. The Morgan fingerprint density at radius 1 is 0.972 bits per heavy atom. The summed E-state index contributed by atoms with van der Waals surface area (Å²) >= 11 is 0. The number of hydrogen-bond acceptors (Lipinski definition) is 9. The Kier molecular flexibility index (Phi) is 11.7. The Labute approximate surface area is 220 Å². The Morgan fingerprint density at radius 3 is 2.36 bits per heavy atom. The van der Waals surface area contributed by atoms with E-state index in [0.717, 1.165) is 38.0 Å². The summed E-state index contributed by atoms with van der Waals surface area (Å²) in [5.74, 6) is 1.10. The quantitative estimate of drug-likeness (QED) is 0.415. The van der Waals surface area contributed by atoms with Gasteiger partial charge in [0.1, 0.15) is 5.69 Å². The molecule has 0 bridgehead atoms. The fourth-order valence-electron chi connectivity index (χ4n) is 5.02. The van der Waals surface area contributed by atoms with Crippen LogP contribution in [0.4, 0.5) is 11.6 Å². The maximum absolute atomic E-state index is 6.04. The van der Waals surface area contributed by atoms with Crippen LogP contribution in [0.5, 0.6) is 5.88 Å². The van der Waals surface area contributed by atoms with E-state index in [-0.39, 0.29) is 12.4 Å². The van der Waals surface area contributed by atoms with Crippen LogP contribution in [0.3, 0.4) is 0 Å². The van der Waals surface area contributed by atoms with Crippen LogP contribution in [0.1, 0.15) is 52.0 Å². The molecule has 4 rings (SSSR count). The highest BCUT2D eigenvalue weighted by Gasteiger charge is 2.32. The molecule has 10 nitrogen and oxygen atoms in total. The van der Waals surface area contributed by atoms with Crippen LogP contribution in [-0.2, 0) is 14.2 Å². The van der Waals surface area contributed by atoms with E-state index in [1.165, 1.54) is 12.8 Å². The smallest absolute Gasteiger partial charge is 0.256 e. The van der Waals surface area contributed by atoms with Gasteiger partial charge in [-0.2, -0.15) is 0 Å². The van der Waals surface area contributed by atoms with Crippen LogP contribution in [-0.4, -0.2) is 89.5 Å². The molecule has 36 heavy (non-hydrogen) atoms. The van der Waals surface area contributed by atoms with Crippen molar-refractivity contribution in [2.45, 2.75) is 70.2 Å². The SMILES string of the molecule is COCCOCCCOc1nn(C2CCC(N3C[C@@H](C)O[C@@H](C)C3)CC2)cc1Nc1ncccn1.Cl. The molecule has 2 aromatic heterocycles. The summed E-state index contributed by atoms with van der Waals surface area (Å²) < 4.78 is 24.6. The van der Waals surface area contributed by atoms with E-state index >= 15 is 0 Å². The maximum atomic E-state index is 6.04. The first-order valence-electron chi connectivity index (χ1n) is 12.8. The van der Waals surface area contributed by atoms with E-state index in [1.807, 2.05) is 6.20 Å². The number of ether oxygens (including phenoxy) is 4. The highest BCUT2D eigenvalue weighted by molar-refractivity contribution is 5.85. The van der Waals surface area contributed by atoms with Crippen LogP contribution in [0.2, 0.25) is 0 Å². The lowest BCUT2D eigenvalue weighted by Gasteiger charge is -2.42. The van der Waals surface area contributed by atoms with Crippen LogP contribution >= 0.6 is 12.4 Å². The molecule has 0 radical (unpaired) electrons. The summed E-state index contributed by atoms with van der Waals surface area (Å²) in [6, 6.07) is 2.78. The molecule has 1 saturated heterocycles. The number of morpholine rings is 1. The third-order valence-corrected chi connectivity index (χ3v) is 6.62. The Balaban J connectivity index is 0.00000361. The molecule has 3 heterocycles. The zero-order valence-corrected chi connectivity index (χ0v) is 22.5. The second kappa shape index (κ2) is 14.7. The fourth-order valence-corrected chi connectivity index (χ4v) is 5.02. The highest BCUT2D eigenvalue weighted by atomic mass is 35.5. The lowest BCUT2D eigenvalue weighted by Crippen LogP contribution is -2.51. The van der Waals surface area contributed by atoms with Gasteiger partial charge >= 0.3 is 0 Å². The van der Waals surface area contributed by atoms with Gasteiger partial charge in [-0.15, -0.1) is 17.5 Å². The normalized spacial score (nSPS) is 24.8. The summed E-state index contributed by atoms with van der Waals surface area (Å²) in [6.07, 6.45) is 11.4. The average molecular weight is 525 g/mol. The van der Waals surface area contributed by atoms with E-state index in [4.69, 9.17) is 24.0 Å². The molecule has 2 aromatic rings. The summed E-state index contributed by atoms with van der Waals surface area (Å²) in [7, 11) is 1.67. The van der Waals surface area contributed by atoms with Crippen molar-refractivity contribution in [3.63, 3.8) is 0 Å². The van der Waals surface area contributed by atoms with Crippen molar-refractivity contribution in [3.05, 3.63) is 24.7 Å². The maximum Gasteiger partial charge on any atom is 0.256 e. The summed E-state index contributed by atoms with van der Waals surface area (Å²) in [5.41, 5.74) is 0.787. The molecule has 1 aliphatic carbocycles. The number of aromatic nitrogens is 4. The van der Waals surface area contributed by atoms with Crippen LogP contribution in [0.25, 0.3) is 0 Å².